The largest absolute Gasteiger partial charge is 0.355 e. The molecular formula is C18H21FN4. The van der Waals surface area contributed by atoms with E-state index < -0.39 is 0 Å². The summed E-state index contributed by atoms with van der Waals surface area (Å²) in [6.45, 7) is 5.14. The fraction of sp³-hybridized carbons (Fsp3) is 0.444. The zero-order valence-corrected chi connectivity index (χ0v) is 13.1. The van der Waals surface area contributed by atoms with E-state index in [0.717, 1.165) is 50.0 Å². The summed E-state index contributed by atoms with van der Waals surface area (Å²) in [5.74, 6) is 2.25. The van der Waals surface area contributed by atoms with Gasteiger partial charge in [0.2, 0.25) is 0 Å². The molecule has 1 aromatic heterocycles. The smallest absolute Gasteiger partial charge is 0.147 e. The van der Waals surface area contributed by atoms with Crippen LogP contribution in [-0.2, 0) is 6.54 Å². The van der Waals surface area contributed by atoms with E-state index in [1.807, 2.05) is 12.3 Å². The molecule has 4 nitrogen and oxygen atoms in total. The number of aromatic nitrogens is 2. The molecule has 120 valence electrons. The van der Waals surface area contributed by atoms with Crippen molar-refractivity contribution in [2.75, 3.05) is 31.1 Å². The van der Waals surface area contributed by atoms with Crippen molar-refractivity contribution in [1.29, 1.82) is 0 Å². The highest BCUT2D eigenvalue weighted by Gasteiger charge is 2.37. The first kappa shape index (κ1) is 14.6. The Labute approximate surface area is 136 Å². The Balaban J connectivity index is 1.40. The summed E-state index contributed by atoms with van der Waals surface area (Å²) in [6, 6.07) is 6.96. The number of rotatable bonds is 3. The van der Waals surface area contributed by atoms with Gasteiger partial charge in [0.25, 0.3) is 0 Å². The highest BCUT2D eigenvalue weighted by Crippen LogP contribution is 2.33. The fourth-order valence-corrected chi connectivity index (χ4v) is 3.95. The lowest BCUT2D eigenvalue weighted by Crippen LogP contribution is -2.40. The summed E-state index contributed by atoms with van der Waals surface area (Å²) in [5, 5.41) is 0. The van der Waals surface area contributed by atoms with E-state index in [1.165, 1.54) is 12.5 Å². The van der Waals surface area contributed by atoms with Gasteiger partial charge in [-0.25, -0.2) is 9.37 Å². The number of nitrogens with zero attached hydrogens (tertiary/aromatic N) is 4. The third-order valence-corrected chi connectivity index (χ3v) is 5.05. The number of benzene rings is 1. The molecule has 2 aliphatic rings. The maximum Gasteiger partial charge on any atom is 0.147 e. The van der Waals surface area contributed by atoms with Crippen LogP contribution in [0.2, 0.25) is 0 Å². The number of fused-ring (bicyclic) bond motifs is 1. The fourth-order valence-electron chi connectivity index (χ4n) is 3.95. The van der Waals surface area contributed by atoms with E-state index in [9.17, 15) is 4.39 Å². The predicted molar refractivity (Wildman–Crippen MR) is 87.5 cm³/mol. The quantitative estimate of drug-likeness (QED) is 0.872. The van der Waals surface area contributed by atoms with Gasteiger partial charge in [-0.3, -0.25) is 9.88 Å². The van der Waals surface area contributed by atoms with Crippen molar-refractivity contribution in [2.45, 2.75) is 13.0 Å². The van der Waals surface area contributed by atoms with Gasteiger partial charge in [-0.05, 0) is 36.0 Å². The second kappa shape index (κ2) is 6.24. The highest BCUT2D eigenvalue weighted by molar-refractivity contribution is 5.36. The normalized spacial score (nSPS) is 24.7. The summed E-state index contributed by atoms with van der Waals surface area (Å²) in [4.78, 5) is 13.4. The zero-order chi connectivity index (χ0) is 15.6. The number of hydrogen-bond donors (Lipinski definition) is 0. The topological polar surface area (TPSA) is 32.3 Å². The molecule has 4 rings (SSSR count). The third-order valence-electron chi connectivity index (χ3n) is 5.05. The van der Waals surface area contributed by atoms with E-state index in [2.05, 4.69) is 19.8 Å². The second-order valence-corrected chi connectivity index (χ2v) is 6.64. The van der Waals surface area contributed by atoms with Crippen LogP contribution in [-0.4, -0.2) is 41.0 Å². The number of hydrogen-bond acceptors (Lipinski definition) is 4. The average molecular weight is 312 g/mol. The average Bonchev–Trinajstić information content (AvgIpc) is 2.97. The Morgan fingerprint density at radius 1 is 1.13 bits per heavy atom. The molecule has 2 fully saturated rings. The molecule has 0 amide bonds. The summed E-state index contributed by atoms with van der Waals surface area (Å²) >= 11 is 0. The molecule has 1 aromatic carbocycles. The Kier molecular flexibility index (Phi) is 3.95. The number of likely N-dealkylation sites (tertiary alicyclic amines) is 1. The van der Waals surface area contributed by atoms with Gasteiger partial charge in [0.1, 0.15) is 11.6 Å². The first-order valence-electron chi connectivity index (χ1n) is 8.26. The highest BCUT2D eigenvalue weighted by atomic mass is 19.1. The SMILES string of the molecule is Fc1cccc(CN2C[C@@H]3CCN(c4cnccn4)C[C@@H]3C2)c1. The summed E-state index contributed by atoms with van der Waals surface area (Å²) in [5.41, 5.74) is 1.06. The molecule has 2 aromatic rings. The van der Waals surface area contributed by atoms with Crippen LogP contribution in [0.4, 0.5) is 10.2 Å². The van der Waals surface area contributed by atoms with Crippen LogP contribution in [0.25, 0.3) is 0 Å². The molecule has 3 heterocycles. The van der Waals surface area contributed by atoms with Crippen LogP contribution in [0.1, 0.15) is 12.0 Å². The predicted octanol–water partition coefficient (Wildman–Crippen LogP) is 2.57. The van der Waals surface area contributed by atoms with Gasteiger partial charge < -0.3 is 4.90 Å². The summed E-state index contributed by atoms with van der Waals surface area (Å²) in [7, 11) is 0. The van der Waals surface area contributed by atoms with Crippen molar-refractivity contribution < 1.29 is 4.39 Å². The van der Waals surface area contributed by atoms with Gasteiger partial charge in [0.15, 0.2) is 0 Å². The molecule has 0 aliphatic carbocycles. The third kappa shape index (κ3) is 3.20. The van der Waals surface area contributed by atoms with E-state index in [1.54, 1.807) is 24.5 Å². The van der Waals surface area contributed by atoms with Gasteiger partial charge in [-0.1, -0.05) is 12.1 Å². The van der Waals surface area contributed by atoms with Crippen molar-refractivity contribution >= 4 is 5.82 Å². The van der Waals surface area contributed by atoms with Gasteiger partial charge in [-0.2, -0.15) is 0 Å². The Bertz CT molecular complexity index is 663. The molecule has 0 N–H and O–H groups in total. The van der Waals surface area contributed by atoms with Crippen molar-refractivity contribution in [2.24, 2.45) is 11.8 Å². The van der Waals surface area contributed by atoms with E-state index in [0.29, 0.717) is 5.92 Å². The minimum absolute atomic E-state index is 0.145. The molecule has 2 saturated heterocycles. The first-order valence-corrected chi connectivity index (χ1v) is 8.26. The summed E-state index contributed by atoms with van der Waals surface area (Å²) < 4.78 is 13.3. The monoisotopic (exact) mass is 312 g/mol. The number of anilines is 1. The molecule has 2 aliphatic heterocycles. The van der Waals surface area contributed by atoms with Crippen LogP contribution in [0.5, 0.6) is 0 Å². The van der Waals surface area contributed by atoms with Crippen LogP contribution in [0.3, 0.4) is 0 Å². The van der Waals surface area contributed by atoms with Crippen molar-refractivity contribution in [1.82, 2.24) is 14.9 Å². The Morgan fingerprint density at radius 3 is 2.87 bits per heavy atom. The van der Waals surface area contributed by atoms with Crippen molar-refractivity contribution in [3.05, 3.63) is 54.2 Å². The van der Waals surface area contributed by atoms with Gasteiger partial charge in [0.05, 0.1) is 6.20 Å². The van der Waals surface area contributed by atoms with Crippen LogP contribution in [0.15, 0.2) is 42.9 Å². The Hall–Kier alpha value is -2.01. The molecule has 2 atom stereocenters. The molecule has 0 spiro atoms. The molecular weight excluding hydrogens is 291 g/mol. The van der Waals surface area contributed by atoms with E-state index >= 15 is 0 Å². The molecule has 23 heavy (non-hydrogen) atoms. The van der Waals surface area contributed by atoms with E-state index in [-0.39, 0.29) is 5.82 Å². The maximum atomic E-state index is 13.3. The van der Waals surface area contributed by atoms with Crippen molar-refractivity contribution in [3.63, 3.8) is 0 Å². The van der Waals surface area contributed by atoms with Gasteiger partial charge in [0, 0.05) is 45.1 Å². The van der Waals surface area contributed by atoms with Crippen LogP contribution in [0, 0.1) is 17.7 Å². The van der Waals surface area contributed by atoms with Gasteiger partial charge in [-0.15, -0.1) is 0 Å². The van der Waals surface area contributed by atoms with Crippen molar-refractivity contribution in [3.8, 4) is 0 Å². The lowest BCUT2D eigenvalue weighted by atomic mass is 9.89. The van der Waals surface area contributed by atoms with Crippen LogP contribution >= 0.6 is 0 Å². The minimum atomic E-state index is -0.145. The molecule has 5 heteroatoms. The zero-order valence-electron chi connectivity index (χ0n) is 13.1. The first-order chi connectivity index (χ1) is 11.3. The molecule has 0 unspecified atom stereocenters. The maximum absolute atomic E-state index is 13.3. The lowest BCUT2D eigenvalue weighted by Gasteiger charge is -2.34. The minimum Gasteiger partial charge on any atom is -0.355 e. The number of piperidine rings is 1. The summed E-state index contributed by atoms with van der Waals surface area (Å²) in [6.07, 6.45) is 6.51. The lowest BCUT2D eigenvalue weighted by molar-refractivity contribution is 0.313. The number of halogens is 1. The molecule has 0 radical (unpaired) electrons. The van der Waals surface area contributed by atoms with Gasteiger partial charge >= 0.3 is 0 Å². The van der Waals surface area contributed by atoms with E-state index in [4.69, 9.17) is 0 Å². The standard InChI is InChI=1S/C18H21FN4/c19-17-3-1-2-14(8-17)10-22-11-15-4-7-23(13-16(15)12-22)18-9-20-5-6-21-18/h1-3,5-6,8-9,15-16H,4,7,10-13H2/t15-,16-/m0/s1. The second-order valence-electron chi connectivity index (χ2n) is 6.64. The molecule has 0 saturated carbocycles. The Morgan fingerprint density at radius 2 is 2.04 bits per heavy atom. The molecule has 0 bridgehead atoms. The van der Waals surface area contributed by atoms with Crippen LogP contribution < -0.4 is 4.90 Å².